The van der Waals surface area contributed by atoms with E-state index in [1.54, 1.807) is 13.3 Å². The minimum atomic E-state index is -0.313. The molecule has 0 saturated heterocycles. The normalized spacial score (nSPS) is 11.2. The molecule has 1 aromatic carbocycles. The molecule has 0 aliphatic heterocycles. The quantitative estimate of drug-likeness (QED) is 0.395. The molecule has 120 valence electrons. The lowest BCUT2D eigenvalue weighted by Gasteiger charge is -2.07. The number of nitro benzene ring substituents is 1. The maximum absolute atomic E-state index is 11.3. The van der Waals surface area contributed by atoms with Crippen molar-refractivity contribution >= 4 is 16.7 Å². The summed E-state index contributed by atoms with van der Waals surface area (Å²) in [6.45, 7) is 6.81. The van der Waals surface area contributed by atoms with Gasteiger partial charge in [-0.3, -0.25) is 10.1 Å². The number of benzene rings is 1. The standard InChI is InChI=1S/C17H25N3O2/c1-4-5-6-7-8-9-10-19-12-18-16-15(19)11-13(2)14(3)17(16)20(21)22/h11-12H,4-10H2,1-3H3. The molecule has 0 N–H and O–H groups in total. The van der Waals surface area contributed by atoms with Crippen LogP contribution in [0.3, 0.4) is 0 Å². The van der Waals surface area contributed by atoms with Crippen LogP contribution in [0.2, 0.25) is 0 Å². The van der Waals surface area contributed by atoms with Crippen LogP contribution in [-0.2, 0) is 6.54 Å². The number of imidazole rings is 1. The molecule has 0 spiro atoms. The Balaban J connectivity index is 2.14. The van der Waals surface area contributed by atoms with Crippen molar-refractivity contribution in [2.24, 2.45) is 0 Å². The van der Waals surface area contributed by atoms with Gasteiger partial charge >= 0.3 is 0 Å². The monoisotopic (exact) mass is 303 g/mol. The number of nitro groups is 1. The number of aryl methyl sites for hydroxylation is 2. The molecule has 1 aromatic heterocycles. The van der Waals surface area contributed by atoms with E-state index < -0.39 is 0 Å². The molecule has 0 radical (unpaired) electrons. The molecule has 22 heavy (non-hydrogen) atoms. The SMILES string of the molecule is CCCCCCCCn1cnc2c([N+](=O)[O-])c(C)c(C)cc21. The Morgan fingerprint density at radius 1 is 1.18 bits per heavy atom. The van der Waals surface area contributed by atoms with Crippen molar-refractivity contribution in [1.82, 2.24) is 9.55 Å². The lowest BCUT2D eigenvalue weighted by Crippen LogP contribution is -1.99. The van der Waals surface area contributed by atoms with Gasteiger partial charge in [0.05, 0.1) is 16.8 Å². The van der Waals surface area contributed by atoms with E-state index in [1.807, 2.05) is 13.0 Å². The number of fused-ring (bicyclic) bond motifs is 1. The predicted octanol–water partition coefficient (Wildman–Crippen LogP) is 4.92. The highest BCUT2D eigenvalue weighted by Crippen LogP contribution is 2.30. The van der Waals surface area contributed by atoms with E-state index in [9.17, 15) is 10.1 Å². The minimum Gasteiger partial charge on any atom is -0.330 e. The van der Waals surface area contributed by atoms with Gasteiger partial charge in [-0.15, -0.1) is 0 Å². The number of hydrogen-bond acceptors (Lipinski definition) is 3. The summed E-state index contributed by atoms with van der Waals surface area (Å²) in [5, 5.41) is 11.3. The van der Waals surface area contributed by atoms with Crippen LogP contribution in [-0.4, -0.2) is 14.5 Å². The molecule has 0 aliphatic rings. The summed E-state index contributed by atoms with van der Waals surface area (Å²) in [6.07, 6.45) is 9.15. The first-order valence-corrected chi connectivity index (χ1v) is 8.15. The molecule has 2 rings (SSSR count). The molecule has 0 unspecified atom stereocenters. The fourth-order valence-electron chi connectivity index (χ4n) is 2.87. The zero-order valence-electron chi connectivity index (χ0n) is 13.8. The van der Waals surface area contributed by atoms with E-state index in [0.717, 1.165) is 24.0 Å². The minimum absolute atomic E-state index is 0.150. The van der Waals surface area contributed by atoms with Crippen molar-refractivity contribution in [3.63, 3.8) is 0 Å². The van der Waals surface area contributed by atoms with Crippen LogP contribution in [0.25, 0.3) is 11.0 Å². The third-order valence-corrected chi connectivity index (χ3v) is 4.34. The Labute approximate surface area is 131 Å². The zero-order chi connectivity index (χ0) is 16.1. The zero-order valence-corrected chi connectivity index (χ0v) is 13.8. The molecule has 2 aromatic rings. The van der Waals surface area contributed by atoms with Gasteiger partial charge in [-0.25, -0.2) is 4.98 Å². The molecule has 5 nitrogen and oxygen atoms in total. The first-order valence-electron chi connectivity index (χ1n) is 8.15. The van der Waals surface area contributed by atoms with E-state index in [2.05, 4.69) is 16.5 Å². The third kappa shape index (κ3) is 3.46. The highest BCUT2D eigenvalue weighted by Gasteiger charge is 2.21. The predicted molar refractivity (Wildman–Crippen MR) is 89.2 cm³/mol. The van der Waals surface area contributed by atoms with Gasteiger partial charge in [-0.2, -0.15) is 0 Å². The molecule has 0 fully saturated rings. The van der Waals surface area contributed by atoms with Crippen LogP contribution in [0.5, 0.6) is 0 Å². The molecule has 0 saturated carbocycles. The fraction of sp³-hybridized carbons (Fsp3) is 0.588. The topological polar surface area (TPSA) is 61.0 Å². The highest BCUT2D eigenvalue weighted by atomic mass is 16.6. The van der Waals surface area contributed by atoms with E-state index in [4.69, 9.17) is 0 Å². The average molecular weight is 303 g/mol. The summed E-state index contributed by atoms with van der Waals surface area (Å²) >= 11 is 0. The van der Waals surface area contributed by atoms with Crippen LogP contribution in [0.1, 0.15) is 56.6 Å². The second kappa shape index (κ2) is 7.38. The number of unbranched alkanes of at least 4 members (excludes halogenated alkanes) is 5. The summed E-state index contributed by atoms with van der Waals surface area (Å²) in [7, 11) is 0. The van der Waals surface area contributed by atoms with Gasteiger partial charge in [0, 0.05) is 12.1 Å². The molecular weight excluding hydrogens is 278 g/mol. The summed E-state index contributed by atoms with van der Waals surface area (Å²) in [5.74, 6) is 0. The molecule has 0 bridgehead atoms. The van der Waals surface area contributed by atoms with Gasteiger partial charge in [0.25, 0.3) is 5.69 Å². The van der Waals surface area contributed by atoms with Gasteiger partial charge in [-0.1, -0.05) is 39.0 Å². The first-order chi connectivity index (χ1) is 10.6. The van der Waals surface area contributed by atoms with Gasteiger partial charge in [0.1, 0.15) is 0 Å². The van der Waals surface area contributed by atoms with Crippen LogP contribution in [0, 0.1) is 24.0 Å². The van der Waals surface area contributed by atoms with Crippen molar-refractivity contribution in [3.05, 3.63) is 33.6 Å². The summed E-state index contributed by atoms with van der Waals surface area (Å²) in [5.41, 5.74) is 3.20. The van der Waals surface area contributed by atoms with Crippen molar-refractivity contribution < 1.29 is 4.92 Å². The Kier molecular flexibility index (Phi) is 5.52. The van der Waals surface area contributed by atoms with Crippen molar-refractivity contribution in [1.29, 1.82) is 0 Å². The van der Waals surface area contributed by atoms with E-state index in [1.165, 1.54) is 32.1 Å². The lowest BCUT2D eigenvalue weighted by atomic mass is 10.1. The maximum Gasteiger partial charge on any atom is 0.300 e. The van der Waals surface area contributed by atoms with Crippen LogP contribution >= 0.6 is 0 Å². The van der Waals surface area contributed by atoms with E-state index >= 15 is 0 Å². The maximum atomic E-state index is 11.3. The molecule has 0 aliphatic carbocycles. The van der Waals surface area contributed by atoms with Crippen LogP contribution in [0.4, 0.5) is 5.69 Å². The number of aromatic nitrogens is 2. The summed E-state index contributed by atoms with van der Waals surface area (Å²) in [6, 6.07) is 2.02. The fourth-order valence-corrected chi connectivity index (χ4v) is 2.87. The Morgan fingerprint density at radius 2 is 1.86 bits per heavy atom. The van der Waals surface area contributed by atoms with Crippen molar-refractivity contribution in [2.75, 3.05) is 0 Å². The Bertz CT molecular complexity index is 661. The van der Waals surface area contributed by atoms with Gasteiger partial charge in [0.15, 0.2) is 5.52 Å². The largest absolute Gasteiger partial charge is 0.330 e. The van der Waals surface area contributed by atoms with Crippen LogP contribution < -0.4 is 0 Å². The van der Waals surface area contributed by atoms with Crippen LogP contribution in [0.15, 0.2) is 12.4 Å². The van der Waals surface area contributed by atoms with Gasteiger partial charge in [0.2, 0.25) is 0 Å². The number of hydrogen-bond donors (Lipinski definition) is 0. The number of nitrogens with zero attached hydrogens (tertiary/aromatic N) is 3. The smallest absolute Gasteiger partial charge is 0.300 e. The van der Waals surface area contributed by atoms with Crippen molar-refractivity contribution in [2.45, 2.75) is 65.8 Å². The van der Waals surface area contributed by atoms with Gasteiger partial charge in [-0.05, 0) is 31.9 Å². The summed E-state index contributed by atoms with van der Waals surface area (Å²) < 4.78 is 2.05. The molecule has 0 amide bonds. The summed E-state index contributed by atoms with van der Waals surface area (Å²) in [4.78, 5) is 15.3. The van der Waals surface area contributed by atoms with Crippen molar-refractivity contribution in [3.8, 4) is 0 Å². The second-order valence-corrected chi connectivity index (χ2v) is 6.00. The molecule has 0 atom stereocenters. The molecule has 5 heteroatoms. The Morgan fingerprint density at radius 3 is 2.55 bits per heavy atom. The van der Waals surface area contributed by atoms with Gasteiger partial charge < -0.3 is 4.57 Å². The molecular formula is C17H25N3O2. The van der Waals surface area contributed by atoms with E-state index in [0.29, 0.717) is 11.1 Å². The average Bonchev–Trinajstić information content (AvgIpc) is 2.86. The second-order valence-electron chi connectivity index (χ2n) is 6.00. The number of rotatable bonds is 8. The van der Waals surface area contributed by atoms with E-state index in [-0.39, 0.29) is 10.6 Å². The highest BCUT2D eigenvalue weighted by molar-refractivity contribution is 5.87. The first kappa shape index (κ1) is 16.5. The third-order valence-electron chi connectivity index (χ3n) is 4.34. The molecule has 1 heterocycles. The Hall–Kier alpha value is -1.91. The lowest BCUT2D eigenvalue weighted by molar-refractivity contribution is -0.383.